The molecule has 1 aromatic carbocycles. The van der Waals surface area contributed by atoms with E-state index in [4.69, 9.17) is 0 Å². The molecule has 0 radical (unpaired) electrons. The summed E-state index contributed by atoms with van der Waals surface area (Å²) in [7, 11) is -3.16. The third-order valence-corrected chi connectivity index (χ3v) is 5.11. The first kappa shape index (κ1) is 17.4. The van der Waals surface area contributed by atoms with Crippen LogP contribution in [0.5, 0.6) is 0 Å². The molecule has 0 aromatic heterocycles. The molecule has 1 aliphatic heterocycles. The molecule has 126 valence electrons. The Bertz CT molecular complexity index is 677. The summed E-state index contributed by atoms with van der Waals surface area (Å²) in [6, 6.07) is 6.26. The van der Waals surface area contributed by atoms with E-state index >= 15 is 0 Å². The number of carbonyl (C=O) groups is 2. The van der Waals surface area contributed by atoms with E-state index in [1.807, 2.05) is 0 Å². The number of benzene rings is 1. The largest absolute Gasteiger partial charge is 0.335 e. The molecule has 2 N–H and O–H groups in total. The number of piperidine rings is 1. The fourth-order valence-corrected chi connectivity index (χ4v) is 3.35. The standard InChI is InChI=1S/C15H21N3O4S/c1-11(19)12-3-5-13(6-4-12)16-15(20)17-14-7-9-18(10-8-14)23(2,21)22/h3-6,14H,7-10H2,1-2H3,(H2,16,17,20). The quantitative estimate of drug-likeness (QED) is 0.811. The molecule has 8 heteroatoms. The molecule has 0 unspecified atom stereocenters. The number of rotatable bonds is 4. The normalized spacial score (nSPS) is 16.8. The molecule has 0 atom stereocenters. The van der Waals surface area contributed by atoms with Crippen molar-refractivity contribution < 1.29 is 18.0 Å². The Labute approximate surface area is 136 Å². The number of sulfonamides is 1. The summed E-state index contributed by atoms with van der Waals surface area (Å²) in [5.74, 6) is -0.0290. The van der Waals surface area contributed by atoms with E-state index in [1.54, 1.807) is 24.3 Å². The molecular weight excluding hydrogens is 318 g/mol. The number of hydrogen-bond acceptors (Lipinski definition) is 4. The number of nitrogens with one attached hydrogen (secondary N) is 2. The molecule has 23 heavy (non-hydrogen) atoms. The van der Waals surface area contributed by atoms with Gasteiger partial charge < -0.3 is 10.6 Å². The lowest BCUT2D eigenvalue weighted by atomic mass is 10.1. The fourth-order valence-electron chi connectivity index (χ4n) is 2.47. The van der Waals surface area contributed by atoms with Crippen LogP contribution in [0.3, 0.4) is 0 Å². The maximum atomic E-state index is 12.0. The number of anilines is 1. The smallest absolute Gasteiger partial charge is 0.319 e. The van der Waals surface area contributed by atoms with Gasteiger partial charge in [0, 0.05) is 30.4 Å². The second kappa shape index (κ2) is 7.10. The average Bonchev–Trinajstić information content (AvgIpc) is 2.47. The van der Waals surface area contributed by atoms with Gasteiger partial charge in [0.05, 0.1) is 6.26 Å². The molecular formula is C15H21N3O4S. The van der Waals surface area contributed by atoms with Crippen LogP contribution in [0.1, 0.15) is 30.1 Å². The van der Waals surface area contributed by atoms with Crippen LogP contribution in [-0.4, -0.2) is 49.9 Å². The molecule has 7 nitrogen and oxygen atoms in total. The minimum Gasteiger partial charge on any atom is -0.335 e. The minimum atomic E-state index is -3.16. The average molecular weight is 339 g/mol. The van der Waals surface area contributed by atoms with Crippen molar-refractivity contribution >= 4 is 27.5 Å². The monoisotopic (exact) mass is 339 g/mol. The molecule has 0 spiro atoms. The summed E-state index contributed by atoms with van der Waals surface area (Å²) >= 11 is 0. The van der Waals surface area contributed by atoms with Crippen molar-refractivity contribution in [3.8, 4) is 0 Å². The second-order valence-electron chi connectivity index (χ2n) is 5.67. The molecule has 0 aliphatic carbocycles. The van der Waals surface area contributed by atoms with Crippen LogP contribution in [0.25, 0.3) is 0 Å². The maximum Gasteiger partial charge on any atom is 0.319 e. The van der Waals surface area contributed by atoms with Gasteiger partial charge in [0.1, 0.15) is 0 Å². The van der Waals surface area contributed by atoms with E-state index < -0.39 is 10.0 Å². The summed E-state index contributed by atoms with van der Waals surface area (Å²) < 4.78 is 24.3. The number of ketones is 1. The van der Waals surface area contributed by atoms with E-state index in [2.05, 4.69) is 10.6 Å². The van der Waals surface area contributed by atoms with Crippen LogP contribution < -0.4 is 10.6 Å². The SMILES string of the molecule is CC(=O)c1ccc(NC(=O)NC2CCN(S(C)(=O)=O)CC2)cc1. The van der Waals surface area contributed by atoms with Crippen LogP contribution in [-0.2, 0) is 10.0 Å². The van der Waals surface area contributed by atoms with Gasteiger partial charge in [0.15, 0.2) is 5.78 Å². The Kier molecular flexibility index (Phi) is 5.38. The predicted molar refractivity (Wildman–Crippen MR) is 88.0 cm³/mol. The Morgan fingerprint density at radius 2 is 1.70 bits per heavy atom. The first-order valence-electron chi connectivity index (χ1n) is 7.39. The molecule has 1 heterocycles. The van der Waals surface area contributed by atoms with Crippen LogP contribution in [0, 0.1) is 0 Å². The third kappa shape index (κ3) is 5.04. The first-order valence-corrected chi connectivity index (χ1v) is 9.24. The van der Waals surface area contributed by atoms with E-state index in [-0.39, 0.29) is 17.9 Å². The topological polar surface area (TPSA) is 95.6 Å². The lowest BCUT2D eigenvalue weighted by molar-refractivity contribution is 0.101. The molecule has 2 rings (SSSR count). The number of hydrogen-bond donors (Lipinski definition) is 2. The van der Waals surface area contributed by atoms with Gasteiger partial charge in [-0.15, -0.1) is 0 Å². The number of carbonyl (C=O) groups excluding carboxylic acids is 2. The van der Waals surface area contributed by atoms with Crippen molar-refractivity contribution in [2.75, 3.05) is 24.7 Å². The summed E-state index contributed by atoms with van der Waals surface area (Å²) in [4.78, 5) is 23.1. The van der Waals surface area contributed by atoms with Crippen molar-refractivity contribution in [1.82, 2.24) is 9.62 Å². The highest BCUT2D eigenvalue weighted by Gasteiger charge is 2.25. The zero-order valence-electron chi connectivity index (χ0n) is 13.2. The zero-order valence-corrected chi connectivity index (χ0v) is 14.0. The molecule has 1 fully saturated rings. The highest BCUT2D eigenvalue weighted by atomic mass is 32.2. The highest BCUT2D eigenvalue weighted by molar-refractivity contribution is 7.88. The van der Waals surface area contributed by atoms with Crippen LogP contribution in [0.4, 0.5) is 10.5 Å². The third-order valence-electron chi connectivity index (χ3n) is 3.81. The number of nitrogens with zero attached hydrogens (tertiary/aromatic N) is 1. The Morgan fingerprint density at radius 1 is 1.13 bits per heavy atom. The predicted octanol–water partition coefficient (Wildman–Crippen LogP) is 1.43. The Morgan fingerprint density at radius 3 is 2.17 bits per heavy atom. The van der Waals surface area contributed by atoms with Crippen molar-refractivity contribution in [3.63, 3.8) is 0 Å². The van der Waals surface area contributed by atoms with E-state index in [9.17, 15) is 18.0 Å². The first-order chi connectivity index (χ1) is 10.8. The second-order valence-corrected chi connectivity index (χ2v) is 7.65. The fraction of sp³-hybridized carbons (Fsp3) is 0.467. The minimum absolute atomic E-state index is 0.0290. The summed E-state index contributed by atoms with van der Waals surface area (Å²) in [6.45, 7) is 2.31. The Hall–Kier alpha value is -1.93. The van der Waals surface area contributed by atoms with Crippen LogP contribution in [0.2, 0.25) is 0 Å². The molecule has 1 aliphatic rings. The molecule has 2 amide bonds. The van der Waals surface area contributed by atoms with Crippen LogP contribution in [0.15, 0.2) is 24.3 Å². The number of Topliss-reactive ketones (excluding diaryl/α,β-unsaturated/α-hetero) is 1. The Balaban J connectivity index is 1.83. The number of amides is 2. The lowest BCUT2D eigenvalue weighted by Gasteiger charge is -2.30. The van der Waals surface area contributed by atoms with Gasteiger partial charge >= 0.3 is 6.03 Å². The molecule has 0 saturated carbocycles. The van der Waals surface area contributed by atoms with Gasteiger partial charge in [-0.1, -0.05) is 0 Å². The van der Waals surface area contributed by atoms with Crippen LogP contribution >= 0.6 is 0 Å². The van der Waals surface area contributed by atoms with Crippen molar-refractivity contribution in [1.29, 1.82) is 0 Å². The van der Waals surface area contributed by atoms with Gasteiger partial charge in [0.2, 0.25) is 10.0 Å². The lowest BCUT2D eigenvalue weighted by Crippen LogP contribution is -2.47. The summed E-state index contributed by atoms with van der Waals surface area (Å²) in [6.07, 6.45) is 2.37. The maximum absolute atomic E-state index is 12.0. The van der Waals surface area contributed by atoms with Crippen molar-refractivity contribution in [2.24, 2.45) is 0 Å². The van der Waals surface area contributed by atoms with Gasteiger partial charge in [-0.25, -0.2) is 17.5 Å². The van der Waals surface area contributed by atoms with Crippen molar-refractivity contribution in [3.05, 3.63) is 29.8 Å². The van der Waals surface area contributed by atoms with Gasteiger partial charge in [0.25, 0.3) is 0 Å². The van der Waals surface area contributed by atoms with E-state index in [0.717, 1.165) is 0 Å². The summed E-state index contributed by atoms with van der Waals surface area (Å²) in [5, 5.41) is 5.54. The molecule has 1 saturated heterocycles. The van der Waals surface area contributed by atoms with Crippen molar-refractivity contribution in [2.45, 2.75) is 25.8 Å². The highest BCUT2D eigenvalue weighted by Crippen LogP contribution is 2.14. The molecule has 0 bridgehead atoms. The summed E-state index contributed by atoms with van der Waals surface area (Å²) in [5.41, 5.74) is 1.19. The van der Waals surface area contributed by atoms with Gasteiger partial charge in [-0.3, -0.25) is 4.79 Å². The number of urea groups is 1. The van der Waals surface area contributed by atoms with E-state index in [1.165, 1.54) is 17.5 Å². The molecule has 1 aromatic rings. The zero-order chi connectivity index (χ0) is 17.0. The van der Waals surface area contributed by atoms with E-state index in [0.29, 0.717) is 37.2 Å². The van der Waals surface area contributed by atoms with Gasteiger partial charge in [-0.2, -0.15) is 0 Å². The van der Waals surface area contributed by atoms with Gasteiger partial charge in [-0.05, 0) is 44.0 Å².